The molecule has 2 heterocycles. The highest BCUT2D eigenvalue weighted by atomic mass is 19.1. The van der Waals surface area contributed by atoms with Gasteiger partial charge in [0.05, 0.1) is 12.1 Å². The van der Waals surface area contributed by atoms with E-state index in [9.17, 15) is 14.0 Å². The van der Waals surface area contributed by atoms with E-state index in [0.29, 0.717) is 45.7 Å². The maximum absolute atomic E-state index is 13.3. The number of amides is 2. The van der Waals surface area contributed by atoms with Crippen molar-refractivity contribution in [3.63, 3.8) is 0 Å². The average Bonchev–Trinajstić information content (AvgIpc) is 2.57. The Bertz CT molecular complexity index is 631. The van der Waals surface area contributed by atoms with Crippen molar-refractivity contribution < 1.29 is 18.7 Å². The van der Waals surface area contributed by atoms with Crippen LogP contribution in [-0.4, -0.2) is 60.0 Å². The lowest BCUT2D eigenvalue weighted by Gasteiger charge is -2.40. The molecule has 0 unspecified atom stereocenters. The molecule has 1 aromatic carbocycles. The minimum Gasteiger partial charge on any atom is -0.381 e. The molecule has 0 aromatic heterocycles. The van der Waals surface area contributed by atoms with Crippen molar-refractivity contribution in [1.29, 1.82) is 0 Å². The summed E-state index contributed by atoms with van der Waals surface area (Å²) in [6.45, 7) is 2.17. The molecule has 2 amide bonds. The first-order valence-corrected chi connectivity index (χ1v) is 8.16. The van der Waals surface area contributed by atoms with Gasteiger partial charge in [-0.05, 0) is 30.5 Å². The number of ether oxygens (including phenoxy) is 1. The highest BCUT2D eigenvalue weighted by molar-refractivity contribution is 5.91. The van der Waals surface area contributed by atoms with Gasteiger partial charge in [-0.25, -0.2) is 4.39 Å². The predicted octanol–water partition coefficient (Wildman–Crippen LogP) is 0.504. The smallest absolute Gasteiger partial charge is 0.243 e. The van der Waals surface area contributed by atoms with Gasteiger partial charge < -0.3 is 20.3 Å². The SMILES string of the molecule is NC1(C(=O)N2CCN(Cc3cccc(F)c3)C(=O)C2)CCOCC1. The Balaban J connectivity index is 1.60. The number of hydrogen-bond acceptors (Lipinski definition) is 4. The Morgan fingerprint density at radius 3 is 2.71 bits per heavy atom. The van der Waals surface area contributed by atoms with Crippen molar-refractivity contribution in [2.24, 2.45) is 5.73 Å². The molecule has 6 nitrogen and oxygen atoms in total. The first kappa shape index (κ1) is 16.9. The number of carbonyl (C=O) groups excluding carboxylic acids is 2. The molecule has 2 aliphatic rings. The Labute approximate surface area is 140 Å². The van der Waals surface area contributed by atoms with Gasteiger partial charge in [-0.3, -0.25) is 9.59 Å². The number of rotatable bonds is 3. The molecular formula is C17H22FN3O3. The van der Waals surface area contributed by atoms with E-state index in [1.165, 1.54) is 17.0 Å². The van der Waals surface area contributed by atoms with E-state index in [4.69, 9.17) is 10.5 Å². The highest BCUT2D eigenvalue weighted by Crippen LogP contribution is 2.22. The van der Waals surface area contributed by atoms with Crippen LogP contribution in [0.3, 0.4) is 0 Å². The van der Waals surface area contributed by atoms with Crippen molar-refractivity contribution in [1.82, 2.24) is 9.80 Å². The van der Waals surface area contributed by atoms with Crippen LogP contribution < -0.4 is 5.73 Å². The topological polar surface area (TPSA) is 75.9 Å². The number of halogens is 1. The van der Waals surface area contributed by atoms with Crippen LogP contribution in [0.2, 0.25) is 0 Å². The fraction of sp³-hybridized carbons (Fsp3) is 0.529. The van der Waals surface area contributed by atoms with Gasteiger partial charge in [-0.2, -0.15) is 0 Å². The number of hydrogen-bond donors (Lipinski definition) is 1. The molecule has 2 N–H and O–H groups in total. The molecule has 0 radical (unpaired) electrons. The molecule has 1 aromatic rings. The number of nitrogens with zero attached hydrogens (tertiary/aromatic N) is 2. The first-order chi connectivity index (χ1) is 11.5. The van der Waals surface area contributed by atoms with Crippen molar-refractivity contribution in [2.75, 3.05) is 32.8 Å². The molecule has 130 valence electrons. The first-order valence-electron chi connectivity index (χ1n) is 8.16. The van der Waals surface area contributed by atoms with Gasteiger partial charge in [-0.1, -0.05) is 12.1 Å². The molecule has 3 rings (SSSR count). The van der Waals surface area contributed by atoms with Crippen LogP contribution in [-0.2, 0) is 20.9 Å². The molecule has 0 saturated carbocycles. The monoisotopic (exact) mass is 335 g/mol. The Morgan fingerprint density at radius 1 is 1.29 bits per heavy atom. The van der Waals surface area contributed by atoms with Crippen molar-refractivity contribution >= 4 is 11.8 Å². The van der Waals surface area contributed by atoms with Crippen LogP contribution in [0, 0.1) is 5.82 Å². The lowest BCUT2D eigenvalue weighted by atomic mass is 9.89. The summed E-state index contributed by atoms with van der Waals surface area (Å²) in [6, 6.07) is 6.20. The summed E-state index contributed by atoms with van der Waals surface area (Å²) in [5, 5.41) is 0. The largest absolute Gasteiger partial charge is 0.381 e. The van der Waals surface area contributed by atoms with Gasteiger partial charge in [0, 0.05) is 32.8 Å². The summed E-state index contributed by atoms with van der Waals surface area (Å²) in [5.74, 6) is -0.641. The Kier molecular flexibility index (Phi) is 4.82. The lowest BCUT2D eigenvalue weighted by Crippen LogP contribution is -2.62. The second-order valence-corrected chi connectivity index (χ2v) is 6.44. The molecule has 0 bridgehead atoms. The summed E-state index contributed by atoms with van der Waals surface area (Å²) in [6.07, 6.45) is 0.951. The molecule has 0 spiro atoms. The molecule has 0 aliphatic carbocycles. The van der Waals surface area contributed by atoms with E-state index in [2.05, 4.69) is 0 Å². The van der Waals surface area contributed by atoms with Gasteiger partial charge in [0.15, 0.2) is 0 Å². The van der Waals surface area contributed by atoms with Crippen LogP contribution in [0.1, 0.15) is 18.4 Å². The van der Waals surface area contributed by atoms with Gasteiger partial charge in [0.1, 0.15) is 5.82 Å². The molecule has 2 saturated heterocycles. The minimum atomic E-state index is -0.927. The van der Waals surface area contributed by atoms with Crippen LogP contribution in [0.15, 0.2) is 24.3 Å². The lowest BCUT2D eigenvalue weighted by molar-refractivity contribution is -0.150. The van der Waals surface area contributed by atoms with E-state index in [0.717, 1.165) is 5.56 Å². The zero-order valence-corrected chi connectivity index (χ0v) is 13.5. The standard InChI is InChI=1S/C17H22FN3O3/c18-14-3-1-2-13(10-14)11-20-6-7-21(12-15(20)22)16(23)17(19)4-8-24-9-5-17/h1-3,10H,4-9,11-12,19H2. The van der Waals surface area contributed by atoms with Gasteiger partial charge in [-0.15, -0.1) is 0 Å². The highest BCUT2D eigenvalue weighted by Gasteiger charge is 2.41. The Morgan fingerprint density at radius 2 is 2.04 bits per heavy atom. The summed E-state index contributed by atoms with van der Waals surface area (Å²) < 4.78 is 18.5. The summed E-state index contributed by atoms with van der Waals surface area (Å²) in [4.78, 5) is 28.2. The third-order valence-electron chi connectivity index (χ3n) is 4.68. The molecule has 24 heavy (non-hydrogen) atoms. The fourth-order valence-corrected chi connectivity index (χ4v) is 3.17. The molecule has 2 aliphatic heterocycles. The minimum absolute atomic E-state index is 0.0218. The van der Waals surface area contributed by atoms with Crippen LogP contribution in [0.5, 0.6) is 0 Å². The number of piperazine rings is 1. The van der Waals surface area contributed by atoms with Crippen LogP contribution >= 0.6 is 0 Å². The number of carbonyl (C=O) groups is 2. The fourth-order valence-electron chi connectivity index (χ4n) is 3.17. The van der Waals surface area contributed by atoms with E-state index in [1.54, 1.807) is 17.0 Å². The maximum atomic E-state index is 13.3. The van der Waals surface area contributed by atoms with Gasteiger partial charge in [0.2, 0.25) is 11.8 Å². The number of benzene rings is 1. The summed E-state index contributed by atoms with van der Waals surface area (Å²) in [7, 11) is 0. The van der Waals surface area contributed by atoms with E-state index in [1.807, 2.05) is 0 Å². The van der Waals surface area contributed by atoms with Gasteiger partial charge >= 0.3 is 0 Å². The summed E-state index contributed by atoms with van der Waals surface area (Å²) in [5.41, 5.74) is 6.03. The summed E-state index contributed by atoms with van der Waals surface area (Å²) >= 11 is 0. The van der Waals surface area contributed by atoms with Crippen LogP contribution in [0.4, 0.5) is 4.39 Å². The molecular weight excluding hydrogens is 313 g/mol. The Hall–Kier alpha value is -1.99. The quantitative estimate of drug-likeness (QED) is 0.873. The van der Waals surface area contributed by atoms with Gasteiger partial charge in [0.25, 0.3) is 0 Å². The average molecular weight is 335 g/mol. The van der Waals surface area contributed by atoms with E-state index >= 15 is 0 Å². The second-order valence-electron chi connectivity index (χ2n) is 6.44. The third-order valence-corrected chi connectivity index (χ3v) is 4.68. The molecule has 0 atom stereocenters. The molecule has 2 fully saturated rings. The van der Waals surface area contributed by atoms with Crippen molar-refractivity contribution in [3.8, 4) is 0 Å². The van der Waals surface area contributed by atoms with Crippen molar-refractivity contribution in [2.45, 2.75) is 24.9 Å². The van der Waals surface area contributed by atoms with Crippen LogP contribution in [0.25, 0.3) is 0 Å². The zero-order chi connectivity index (χ0) is 17.2. The van der Waals surface area contributed by atoms with Crippen molar-refractivity contribution in [3.05, 3.63) is 35.6 Å². The number of nitrogens with two attached hydrogens (primary N) is 1. The maximum Gasteiger partial charge on any atom is 0.243 e. The zero-order valence-electron chi connectivity index (χ0n) is 13.5. The predicted molar refractivity (Wildman–Crippen MR) is 85.4 cm³/mol. The normalized spacial score (nSPS) is 21.0. The second kappa shape index (κ2) is 6.86. The third kappa shape index (κ3) is 3.57. The molecule has 7 heteroatoms. The van der Waals surface area contributed by atoms with E-state index in [-0.39, 0.29) is 24.2 Å². The van der Waals surface area contributed by atoms with E-state index < -0.39 is 5.54 Å².